The minimum absolute atomic E-state index is 0.830. The Morgan fingerprint density at radius 1 is 1.00 bits per heavy atom. The van der Waals surface area contributed by atoms with E-state index in [2.05, 4.69) is 33.1 Å². The van der Waals surface area contributed by atoms with Crippen LogP contribution in [0.15, 0.2) is 0 Å². The average Bonchev–Trinajstić information content (AvgIpc) is 2.59. The minimum Gasteiger partial charge on any atom is -0.417 e. The Morgan fingerprint density at radius 2 is 1.67 bits per heavy atom. The molecule has 0 aromatic carbocycles. The van der Waals surface area contributed by atoms with Crippen molar-refractivity contribution >= 4 is 16.6 Å². The molecule has 2 fully saturated rings. The maximum atomic E-state index is 5.59. The Balaban J connectivity index is 0.000000151. The van der Waals surface area contributed by atoms with Gasteiger partial charge in [-0.3, -0.25) is 0 Å². The monoisotopic (exact) mass is 246 g/mol. The molecule has 0 N–H and O–H groups in total. The van der Waals surface area contributed by atoms with Crippen LogP contribution in [0.4, 0.5) is 0 Å². The Labute approximate surface area is 96.6 Å². The summed E-state index contributed by atoms with van der Waals surface area (Å²) in [5.41, 5.74) is 0. The van der Waals surface area contributed by atoms with Gasteiger partial charge in [0, 0.05) is 13.2 Å². The van der Waals surface area contributed by atoms with E-state index >= 15 is 0 Å². The summed E-state index contributed by atoms with van der Waals surface area (Å²) < 4.78 is 11.1. The summed E-state index contributed by atoms with van der Waals surface area (Å²) in [6.45, 7) is 13.4. The maximum absolute atomic E-state index is 5.59. The molecule has 0 radical (unpaired) electrons. The second-order valence-corrected chi connectivity index (χ2v) is 14.6. The molecule has 1 unspecified atom stereocenters. The molecule has 0 aliphatic carbocycles. The molecule has 2 nitrogen and oxygen atoms in total. The highest BCUT2D eigenvalue weighted by Crippen LogP contribution is 2.25. The van der Waals surface area contributed by atoms with Crippen LogP contribution in [-0.2, 0) is 8.85 Å². The summed E-state index contributed by atoms with van der Waals surface area (Å²) in [6, 6.07) is 2.72. The van der Waals surface area contributed by atoms with Gasteiger partial charge in [-0.05, 0) is 50.6 Å². The molecule has 0 saturated carbocycles. The highest BCUT2D eigenvalue weighted by atomic mass is 28.4. The molecule has 1 atom stereocenters. The fourth-order valence-electron chi connectivity index (χ4n) is 2.24. The normalized spacial score (nSPS) is 32.2. The van der Waals surface area contributed by atoms with Crippen LogP contribution >= 0.6 is 0 Å². The fraction of sp³-hybridized carbons (Fsp3) is 1.00. The van der Waals surface area contributed by atoms with E-state index in [1.54, 1.807) is 0 Å². The van der Waals surface area contributed by atoms with E-state index in [1.165, 1.54) is 18.5 Å². The number of hydrogen-bond donors (Lipinski definition) is 0. The van der Waals surface area contributed by atoms with Crippen LogP contribution in [0.25, 0.3) is 0 Å². The van der Waals surface area contributed by atoms with Crippen LogP contribution in [0.1, 0.15) is 13.3 Å². The van der Waals surface area contributed by atoms with Crippen molar-refractivity contribution in [2.24, 2.45) is 5.92 Å². The molecule has 0 amide bonds. The van der Waals surface area contributed by atoms with Crippen LogP contribution in [-0.4, -0.2) is 29.8 Å². The highest BCUT2D eigenvalue weighted by Gasteiger charge is 2.31. The minimum atomic E-state index is -1.10. The second kappa shape index (κ2) is 5.12. The first kappa shape index (κ1) is 13.4. The van der Waals surface area contributed by atoms with Crippen molar-refractivity contribution in [3.8, 4) is 0 Å². The van der Waals surface area contributed by atoms with Crippen LogP contribution in [0.2, 0.25) is 38.3 Å². The topological polar surface area (TPSA) is 18.5 Å². The summed E-state index contributed by atoms with van der Waals surface area (Å²) in [4.78, 5) is 0. The lowest BCUT2D eigenvalue weighted by atomic mass is 10.2. The van der Waals surface area contributed by atoms with Gasteiger partial charge in [-0.1, -0.05) is 6.92 Å². The molecule has 4 heteroatoms. The molecule has 2 aliphatic rings. The van der Waals surface area contributed by atoms with Gasteiger partial charge in [0.25, 0.3) is 0 Å². The standard InChI is InChI=1S/C6H14OSi.C5H12OSi/c1-6-4-7-8(2,3)5-6;1-7(2)5-3-4-6-7/h6H,4-5H2,1-3H3;3-5H2,1-2H3. The molecule has 0 aromatic rings. The van der Waals surface area contributed by atoms with Crippen LogP contribution in [0.3, 0.4) is 0 Å². The lowest BCUT2D eigenvalue weighted by Gasteiger charge is -2.10. The van der Waals surface area contributed by atoms with Crippen molar-refractivity contribution in [3.05, 3.63) is 0 Å². The van der Waals surface area contributed by atoms with Gasteiger partial charge in [0.2, 0.25) is 0 Å². The van der Waals surface area contributed by atoms with Gasteiger partial charge in [0.1, 0.15) is 0 Å². The summed E-state index contributed by atoms with van der Waals surface area (Å²) in [6.07, 6.45) is 1.30. The summed E-state index contributed by atoms with van der Waals surface area (Å²) >= 11 is 0. The Bertz CT molecular complexity index is 197. The van der Waals surface area contributed by atoms with E-state index in [9.17, 15) is 0 Å². The van der Waals surface area contributed by atoms with Gasteiger partial charge in [0.05, 0.1) is 0 Å². The average molecular weight is 246 g/mol. The van der Waals surface area contributed by atoms with E-state index in [-0.39, 0.29) is 0 Å². The summed E-state index contributed by atoms with van der Waals surface area (Å²) in [7, 11) is -2.14. The fourth-order valence-corrected chi connectivity index (χ4v) is 6.73. The Hall–Kier alpha value is 0.354. The molecule has 90 valence electrons. The molecular formula is C11H26O2Si2. The van der Waals surface area contributed by atoms with Crippen LogP contribution in [0, 0.1) is 5.92 Å². The predicted molar refractivity (Wildman–Crippen MR) is 70.3 cm³/mol. The van der Waals surface area contributed by atoms with Crippen molar-refractivity contribution in [2.45, 2.75) is 51.6 Å². The molecule has 0 aromatic heterocycles. The first-order valence-electron chi connectivity index (χ1n) is 6.09. The first-order chi connectivity index (χ1) is 6.81. The van der Waals surface area contributed by atoms with E-state index < -0.39 is 16.6 Å². The lowest BCUT2D eigenvalue weighted by molar-refractivity contribution is 0.315. The molecular weight excluding hydrogens is 220 g/mol. The second-order valence-electron chi connectivity index (χ2n) is 6.09. The SMILES string of the molecule is CC1CO[Si](C)(C)C1.C[Si]1(C)CCCO1. The molecule has 2 rings (SSSR count). The molecule has 15 heavy (non-hydrogen) atoms. The third-order valence-electron chi connectivity index (χ3n) is 3.01. The predicted octanol–water partition coefficient (Wildman–Crippen LogP) is 3.47. The molecule has 2 heterocycles. The zero-order valence-corrected chi connectivity index (χ0v) is 12.9. The lowest BCUT2D eigenvalue weighted by Crippen LogP contribution is -2.23. The quantitative estimate of drug-likeness (QED) is 0.609. The van der Waals surface area contributed by atoms with E-state index in [0.29, 0.717) is 0 Å². The zero-order valence-electron chi connectivity index (χ0n) is 10.9. The maximum Gasteiger partial charge on any atom is 0.187 e. The van der Waals surface area contributed by atoms with Gasteiger partial charge in [0.15, 0.2) is 16.6 Å². The van der Waals surface area contributed by atoms with Gasteiger partial charge >= 0.3 is 0 Å². The summed E-state index contributed by atoms with van der Waals surface area (Å²) in [5.74, 6) is 0.830. The van der Waals surface area contributed by atoms with Gasteiger partial charge < -0.3 is 8.85 Å². The molecule has 2 saturated heterocycles. The smallest absolute Gasteiger partial charge is 0.187 e. The van der Waals surface area contributed by atoms with Gasteiger partial charge in [-0.2, -0.15) is 0 Å². The van der Waals surface area contributed by atoms with E-state index in [4.69, 9.17) is 8.85 Å². The first-order valence-corrected chi connectivity index (χ1v) is 12.3. The van der Waals surface area contributed by atoms with Crippen molar-refractivity contribution in [3.63, 3.8) is 0 Å². The zero-order chi connectivity index (χ0) is 11.5. The van der Waals surface area contributed by atoms with Gasteiger partial charge in [-0.15, -0.1) is 0 Å². The van der Waals surface area contributed by atoms with Crippen molar-refractivity contribution in [2.75, 3.05) is 13.2 Å². The summed E-state index contributed by atoms with van der Waals surface area (Å²) in [5, 5.41) is 0. The third-order valence-corrected chi connectivity index (χ3v) is 8.19. The van der Waals surface area contributed by atoms with Crippen molar-refractivity contribution in [1.82, 2.24) is 0 Å². The number of rotatable bonds is 0. The van der Waals surface area contributed by atoms with Crippen molar-refractivity contribution in [1.29, 1.82) is 0 Å². The Kier molecular flexibility index (Phi) is 4.58. The van der Waals surface area contributed by atoms with Crippen LogP contribution < -0.4 is 0 Å². The van der Waals surface area contributed by atoms with Crippen molar-refractivity contribution < 1.29 is 8.85 Å². The van der Waals surface area contributed by atoms with E-state index in [1.807, 2.05) is 0 Å². The van der Waals surface area contributed by atoms with Crippen LogP contribution in [0.5, 0.6) is 0 Å². The highest BCUT2D eigenvalue weighted by molar-refractivity contribution is 6.72. The molecule has 0 bridgehead atoms. The number of hydrogen-bond acceptors (Lipinski definition) is 2. The molecule has 2 aliphatic heterocycles. The van der Waals surface area contributed by atoms with Gasteiger partial charge in [-0.25, -0.2) is 0 Å². The van der Waals surface area contributed by atoms with E-state index in [0.717, 1.165) is 19.1 Å². The largest absolute Gasteiger partial charge is 0.417 e. The molecule has 0 spiro atoms. The third kappa shape index (κ3) is 5.29. The Morgan fingerprint density at radius 3 is 1.80 bits per heavy atom.